The maximum atomic E-state index is 13.3. The highest BCUT2D eigenvalue weighted by Crippen LogP contribution is 2.22. The van der Waals surface area contributed by atoms with E-state index in [-0.39, 0.29) is 5.82 Å². The van der Waals surface area contributed by atoms with E-state index >= 15 is 0 Å². The van der Waals surface area contributed by atoms with Gasteiger partial charge in [-0.3, -0.25) is 4.98 Å². The summed E-state index contributed by atoms with van der Waals surface area (Å²) in [7, 11) is 0. The molecule has 0 fully saturated rings. The molecule has 2 aromatic rings. The molecule has 1 unspecified atom stereocenters. The van der Waals surface area contributed by atoms with Crippen molar-refractivity contribution in [1.82, 2.24) is 4.98 Å². The van der Waals surface area contributed by atoms with Crippen molar-refractivity contribution in [1.29, 1.82) is 0 Å². The smallest absolute Gasteiger partial charge is 0.129 e. The fourth-order valence-electron chi connectivity index (χ4n) is 1.39. The Hall–Kier alpha value is -1.26. The van der Waals surface area contributed by atoms with E-state index in [0.717, 1.165) is 4.88 Å². The quantitative estimate of drug-likeness (QED) is 0.867. The van der Waals surface area contributed by atoms with Crippen molar-refractivity contribution in [3.05, 3.63) is 52.2 Å². The first kappa shape index (κ1) is 10.3. The Morgan fingerprint density at radius 1 is 1.40 bits per heavy atom. The fourth-order valence-corrected chi connectivity index (χ4v) is 2.02. The molecule has 1 atom stereocenters. The van der Waals surface area contributed by atoms with Gasteiger partial charge in [-0.15, -0.1) is 11.3 Å². The zero-order valence-electron chi connectivity index (χ0n) is 7.93. The Bertz CT molecular complexity index is 430. The molecule has 78 valence electrons. The van der Waals surface area contributed by atoms with E-state index in [9.17, 15) is 9.50 Å². The van der Waals surface area contributed by atoms with Crippen LogP contribution in [0.5, 0.6) is 0 Å². The SMILES string of the molecule is OC(Cc1cncs1)c1ccccc1F. The monoisotopic (exact) mass is 223 g/mol. The van der Waals surface area contributed by atoms with Crippen molar-refractivity contribution in [3.8, 4) is 0 Å². The minimum Gasteiger partial charge on any atom is -0.388 e. The third kappa shape index (κ3) is 2.40. The van der Waals surface area contributed by atoms with Gasteiger partial charge >= 0.3 is 0 Å². The second-order valence-corrected chi connectivity index (χ2v) is 4.18. The lowest BCUT2D eigenvalue weighted by Crippen LogP contribution is -2.03. The molecule has 0 saturated carbocycles. The van der Waals surface area contributed by atoms with E-state index in [0.29, 0.717) is 12.0 Å². The first-order valence-electron chi connectivity index (χ1n) is 4.57. The van der Waals surface area contributed by atoms with Crippen LogP contribution < -0.4 is 0 Å². The number of nitrogens with zero attached hydrogens (tertiary/aromatic N) is 1. The number of thiazole rings is 1. The molecule has 0 radical (unpaired) electrons. The number of aromatic nitrogens is 1. The molecule has 1 N–H and O–H groups in total. The summed E-state index contributed by atoms with van der Waals surface area (Å²) >= 11 is 1.46. The number of hydrogen-bond acceptors (Lipinski definition) is 3. The van der Waals surface area contributed by atoms with Crippen LogP contribution in [-0.2, 0) is 6.42 Å². The van der Waals surface area contributed by atoms with Crippen LogP contribution in [-0.4, -0.2) is 10.1 Å². The van der Waals surface area contributed by atoms with Gasteiger partial charge in [0, 0.05) is 23.1 Å². The van der Waals surface area contributed by atoms with Crippen molar-refractivity contribution in [2.75, 3.05) is 0 Å². The Morgan fingerprint density at radius 2 is 2.20 bits per heavy atom. The topological polar surface area (TPSA) is 33.1 Å². The van der Waals surface area contributed by atoms with Crippen LogP contribution in [0.25, 0.3) is 0 Å². The molecule has 0 bridgehead atoms. The first-order chi connectivity index (χ1) is 7.27. The van der Waals surface area contributed by atoms with Crippen molar-refractivity contribution in [2.45, 2.75) is 12.5 Å². The molecule has 0 spiro atoms. The summed E-state index contributed by atoms with van der Waals surface area (Å²) in [5, 5.41) is 9.81. The van der Waals surface area contributed by atoms with Crippen LogP contribution in [0.1, 0.15) is 16.5 Å². The molecule has 2 nitrogen and oxygen atoms in total. The van der Waals surface area contributed by atoms with Crippen LogP contribution in [0.3, 0.4) is 0 Å². The Morgan fingerprint density at radius 3 is 2.87 bits per heavy atom. The average molecular weight is 223 g/mol. The minimum atomic E-state index is -0.799. The maximum Gasteiger partial charge on any atom is 0.129 e. The number of aliphatic hydroxyl groups is 1. The first-order valence-corrected chi connectivity index (χ1v) is 5.45. The lowest BCUT2D eigenvalue weighted by molar-refractivity contribution is 0.174. The van der Waals surface area contributed by atoms with Crippen molar-refractivity contribution in [3.63, 3.8) is 0 Å². The Kier molecular flexibility index (Phi) is 3.08. The van der Waals surface area contributed by atoms with Gasteiger partial charge in [0.2, 0.25) is 0 Å². The van der Waals surface area contributed by atoms with Crippen LogP contribution in [0.15, 0.2) is 36.0 Å². The van der Waals surface area contributed by atoms with E-state index in [1.807, 2.05) is 0 Å². The summed E-state index contributed by atoms with van der Waals surface area (Å²) in [6.07, 6.45) is 1.30. The van der Waals surface area contributed by atoms with Gasteiger partial charge in [0.25, 0.3) is 0 Å². The number of halogens is 1. The molecule has 15 heavy (non-hydrogen) atoms. The van der Waals surface area contributed by atoms with Gasteiger partial charge in [-0.1, -0.05) is 18.2 Å². The number of benzene rings is 1. The predicted molar refractivity (Wildman–Crippen MR) is 57.2 cm³/mol. The summed E-state index contributed by atoms with van der Waals surface area (Å²) in [5.41, 5.74) is 2.04. The highest BCUT2D eigenvalue weighted by Gasteiger charge is 2.13. The largest absolute Gasteiger partial charge is 0.388 e. The zero-order chi connectivity index (χ0) is 10.7. The molecular formula is C11H10FNOS. The van der Waals surface area contributed by atoms with Crippen molar-refractivity contribution < 1.29 is 9.50 Å². The van der Waals surface area contributed by atoms with Crippen LogP contribution >= 0.6 is 11.3 Å². The highest BCUT2D eigenvalue weighted by molar-refractivity contribution is 7.09. The van der Waals surface area contributed by atoms with E-state index < -0.39 is 6.10 Å². The summed E-state index contributed by atoms with van der Waals surface area (Å²) in [5.74, 6) is -0.366. The molecule has 0 amide bonds. The minimum absolute atomic E-state index is 0.339. The maximum absolute atomic E-state index is 13.3. The lowest BCUT2D eigenvalue weighted by Gasteiger charge is -2.09. The lowest BCUT2D eigenvalue weighted by atomic mass is 10.1. The van der Waals surface area contributed by atoms with E-state index in [2.05, 4.69) is 4.98 Å². The average Bonchev–Trinajstić information content (AvgIpc) is 2.71. The Labute approximate surface area is 91.0 Å². The van der Waals surface area contributed by atoms with Gasteiger partial charge in [0.15, 0.2) is 0 Å². The summed E-state index contributed by atoms with van der Waals surface area (Å²) in [6.45, 7) is 0. The second-order valence-electron chi connectivity index (χ2n) is 3.21. The van der Waals surface area contributed by atoms with Crippen molar-refractivity contribution in [2.24, 2.45) is 0 Å². The van der Waals surface area contributed by atoms with Crippen molar-refractivity contribution >= 4 is 11.3 Å². The molecule has 0 aliphatic heterocycles. The number of rotatable bonds is 3. The van der Waals surface area contributed by atoms with Crippen LogP contribution in [0, 0.1) is 5.82 Å². The third-order valence-corrected chi connectivity index (χ3v) is 2.94. The summed E-state index contributed by atoms with van der Waals surface area (Å²) in [4.78, 5) is 4.85. The van der Waals surface area contributed by atoms with Gasteiger partial charge in [0.1, 0.15) is 5.82 Å². The van der Waals surface area contributed by atoms with Gasteiger partial charge < -0.3 is 5.11 Å². The fraction of sp³-hybridized carbons (Fsp3) is 0.182. The molecule has 0 aliphatic carbocycles. The normalized spacial score (nSPS) is 12.7. The Balaban J connectivity index is 2.15. The summed E-state index contributed by atoms with van der Waals surface area (Å²) in [6, 6.07) is 6.28. The van der Waals surface area contributed by atoms with E-state index in [1.165, 1.54) is 17.4 Å². The predicted octanol–water partition coefficient (Wildman–Crippen LogP) is 2.56. The zero-order valence-corrected chi connectivity index (χ0v) is 8.75. The molecule has 2 rings (SSSR count). The molecule has 0 aliphatic rings. The van der Waals surface area contributed by atoms with Crippen LogP contribution in [0.2, 0.25) is 0 Å². The van der Waals surface area contributed by atoms with E-state index in [1.54, 1.807) is 29.9 Å². The molecular weight excluding hydrogens is 213 g/mol. The molecule has 1 aromatic carbocycles. The van der Waals surface area contributed by atoms with Gasteiger partial charge in [-0.05, 0) is 6.07 Å². The highest BCUT2D eigenvalue weighted by atomic mass is 32.1. The number of aliphatic hydroxyl groups excluding tert-OH is 1. The molecule has 1 heterocycles. The van der Waals surface area contributed by atoms with Gasteiger partial charge in [0.05, 0.1) is 11.6 Å². The third-order valence-electron chi connectivity index (χ3n) is 2.14. The number of hydrogen-bond donors (Lipinski definition) is 1. The van der Waals surface area contributed by atoms with Crippen LogP contribution in [0.4, 0.5) is 4.39 Å². The molecule has 1 aromatic heterocycles. The molecule has 0 saturated heterocycles. The standard InChI is InChI=1S/C11H10FNOS/c12-10-4-2-1-3-9(10)11(14)5-8-6-13-7-15-8/h1-4,6-7,11,14H,5H2. The second kappa shape index (κ2) is 4.51. The molecule has 4 heteroatoms. The van der Waals surface area contributed by atoms with Gasteiger partial charge in [-0.25, -0.2) is 4.39 Å². The van der Waals surface area contributed by atoms with Gasteiger partial charge in [-0.2, -0.15) is 0 Å². The summed E-state index contributed by atoms with van der Waals surface area (Å²) < 4.78 is 13.3. The van der Waals surface area contributed by atoms with E-state index in [4.69, 9.17) is 0 Å².